The number of benzene rings is 1. The standard InChI is InChI=1S/C12H10N5.ClH/c13-16-11-7-6-10(8-12(11)17-14)15-9-4-2-1-3-5-9;/h1-6,8,15H,7H2;1H/q+1;/p-1. The van der Waals surface area contributed by atoms with Gasteiger partial charge in [0, 0.05) is 11.4 Å². The SMILES string of the molecule is N#[N+]C1=CC(Nc2ccccc2)=CCC1=[N+]=[N-].[Cl-]. The molecule has 6 heteroatoms. The van der Waals surface area contributed by atoms with Crippen LogP contribution in [0.3, 0.4) is 0 Å². The number of diazo groups is 1. The average Bonchev–Trinajstić information content (AvgIpc) is 2.40. The van der Waals surface area contributed by atoms with E-state index in [1.165, 1.54) is 0 Å². The van der Waals surface area contributed by atoms with Crippen molar-refractivity contribution < 1.29 is 17.2 Å². The van der Waals surface area contributed by atoms with Crippen molar-refractivity contribution in [3.63, 3.8) is 0 Å². The van der Waals surface area contributed by atoms with Crippen LogP contribution in [0.2, 0.25) is 0 Å². The summed E-state index contributed by atoms with van der Waals surface area (Å²) >= 11 is 0. The van der Waals surface area contributed by atoms with E-state index in [-0.39, 0.29) is 18.1 Å². The molecule has 0 aromatic heterocycles. The molecule has 0 radical (unpaired) electrons. The Hall–Kier alpha value is -2.41. The predicted octanol–water partition coefficient (Wildman–Crippen LogP) is -0.202. The number of anilines is 1. The number of nitrogens with one attached hydrogen (secondary N) is 1. The Morgan fingerprint density at radius 2 is 1.94 bits per heavy atom. The fourth-order valence-electron chi connectivity index (χ4n) is 1.55. The molecule has 1 aliphatic carbocycles. The fraction of sp³-hybridized carbons (Fsp3) is 0.0833. The molecule has 1 aliphatic rings. The van der Waals surface area contributed by atoms with E-state index in [4.69, 9.17) is 10.9 Å². The Kier molecular flexibility index (Phi) is 4.82. The highest BCUT2D eigenvalue weighted by atomic mass is 35.5. The third-order valence-electron chi connectivity index (χ3n) is 2.39. The number of para-hydroxylation sites is 1. The van der Waals surface area contributed by atoms with Crippen molar-refractivity contribution in [2.24, 2.45) is 0 Å². The molecule has 1 aromatic rings. The van der Waals surface area contributed by atoms with Gasteiger partial charge in [0.15, 0.2) is 4.98 Å². The van der Waals surface area contributed by atoms with Gasteiger partial charge in [-0.3, -0.25) is 0 Å². The van der Waals surface area contributed by atoms with Crippen molar-refractivity contribution in [2.75, 3.05) is 5.32 Å². The van der Waals surface area contributed by atoms with Gasteiger partial charge in [-0.15, -0.1) is 0 Å². The molecule has 5 nitrogen and oxygen atoms in total. The number of nitrogens with zero attached hydrogens (tertiary/aromatic N) is 4. The summed E-state index contributed by atoms with van der Waals surface area (Å²) in [6, 6.07) is 9.64. The Morgan fingerprint density at radius 1 is 1.22 bits per heavy atom. The van der Waals surface area contributed by atoms with Crippen molar-refractivity contribution in [3.8, 4) is 0 Å². The first-order chi connectivity index (χ1) is 8.33. The van der Waals surface area contributed by atoms with Gasteiger partial charge >= 0.3 is 11.4 Å². The highest BCUT2D eigenvalue weighted by Crippen LogP contribution is 2.17. The molecule has 0 amide bonds. The van der Waals surface area contributed by atoms with Gasteiger partial charge < -0.3 is 23.3 Å². The number of allylic oxidation sites excluding steroid dienone is 3. The van der Waals surface area contributed by atoms with Crippen LogP contribution < -0.4 is 17.7 Å². The Morgan fingerprint density at radius 3 is 2.56 bits per heavy atom. The molecular formula is C12H10ClN5. The average molecular weight is 260 g/mol. The summed E-state index contributed by atoms with van der Waals surface area (Å²) in [6.45, 7) is 0. The summed E-state index contributed by atoms with van der Waals surface area (Å²) in [6.07, 6.45) is 3.89. The molecule has 0 fully saturated rings. The van der Waals surface area contributed by atoms with Gasteiger partial charge in [-0.2, -0.15) is 4.79 Å². The maximum absolute atomic E-state index is 8.79. The molecule has 0 saturated heterocycles. The largest absolute Gasteiger partial charge is 1.00 e. The quantitative estimate of drug-likeness (QED) is 0.454. The third-order valence-corrected chi connectivity index (χ3v) is 2.39. The normalized spacial score (nSPS) is 13.4. The number of halogens is 1. The molecule has 0 heterocycles. The lowest BCUT2D eigenvalue weighted by Gasteiger charge is -2.07. The molecule has 1 aromatic carbocycles. The molecule has 0 aliphatic heterocycles. The van der Waals surface area contributed by atoms with E-state index >= 15 is 0 Å². The second-order valence-corrected chi connectivity index (χ2v) is 3.53. The lowest BCUT2D eigenvalue weighted by atomic mass is 10.1. The van der Waals surface area contributed by atoms with Crippen molar-refractivity contribution in [3.05, 3.63) is 64.4 Å². The Labute approximate surface area is 110 Å². The summed E-state index contributed by atoms with van der Waals surface area (Å²) in [5, 5.41) is 12.0. The maximum atomic E-state index is 8.79. The Balaban J connectivity index is 0.00000162. The number of hydrogen-bond acceptors (Lipinski definition) is 2. The van der Waals surface area contributed by atoms with Crippen molar-refractivity contribution in [1.82, 2.24) is 0 Å². The summed E-state index contributed by atoms with van der Waals surface area (Å²) in [4.78, 5) is 6.14. The van der Waals surface area contributed by atoms with E-state index in [0.29, 0.717) is 12.1 Å². The van der Waals surface area contributed by atoms with Crippen LogP contribution in [0.1, 0.15) is 6.42 Å². The summed E-state index contributed by atoms with van der Waals surface area (Å²) in [5.41, 5.74) is 11.0. The molecular weight excluding hydrogens is 250 g/mol. The molecule has 0 bridgehead atoms. The number of hydrogen-bond donors (Lipinski definition) is 1. The van der Waals surface area contributed by atoms with Crippen LogP contribution in [0.4, 0.5) is 5.69 Å². The van der Waals surface area contributed by atoms with Crippen LogP contribution in [-0.2, 0) is 0 Å². The molecule has 2 rings (SSSR count). The minimum atomic E-state index is 0. The van der Waals surface area contributed by atoms with Gasteiger partial charge in [0.1, 0.15) is 0 Å². The van der Waals surface area contributed by atoms with E-state index in [9.17, 15) is 0 Å². The van der Waals surface area contributed by atoms with Gasteiger partial charge in [-0.05, 0) is 18.2 Å². The van der Waals surface area contributed by atoms with Crippen LogP contribution >= 0.6 is 0 Å². The molecule has 90 valence electrons. The number of rotatable bonds is 2. The molecule has 1 N–H and O–H groups in total. The van der Waals surface area contributed by atoms with Gasteiger partial charge in [-0.1, -0.05) is 18.2 Å². The highest BCUT2D eigenvalue weighted by Gasteiger charge is 2.30. The monoisotopic (exact) mass is 259 g/mol. The Bertz CT molecular complexity index is 576. The smallest absolute Gasteiger partial charge is 0.470 e. The molecule has 0 unspecified atom stereocenters. The first-order valence-electron chi connectivity index (χ1n) is 5.14. The van der Waals surface area contributed by atoms with Crippen LogP contribution in [-0.4, -0.2) is 10.5 Å². The highest BCUT2D eigenvalue weighted by molar-refractivity contribution is 6.00. The van der Waals surface area contributed by atoms with E-state index in [0.717, 1.165) is 11.4 Å². The van der Waals surface area contributed by atoms with Crippen LogP contribution in [0.5, 0.6) is 0 Å². The van der Waals surface area contributed by atoms with Gasteiger partial charge in [0.25, 0.3) is 0 Å². The van der Waals surface area contributed by atoms with Gasteiger partial charge in [0.2, 0.25) is 5.39 Å². The minimum Gasteiger partial charge on any atom is -1.00 e. The van der Waals surface area contributed by atoms with Gasteiger partial charge in [-0.25, -0.2) is 0 Å². The van der Waals surface area contributed by atoms with Crippen LogP contribution in [0.15, 0.2) is 53.9 Å². The van der Waals surface area contributed by atoms with E-state index in [1.807, 2.05) is 36.4 Å². The molecule has 0 atom stereocenters. The minimum absolute atomic E-state index is 0. The van der Waals surface area contributed by atoms with E-state index in [2.05, 4.69) is 15.1 Å². The van der Waals surface area contributed by atoms with E-state index in [1.54, 1.807) is 6.08 Å². The second kappa shape index (κ2) is 6.36. The maximum Gasteiger partial charge on any atom is 0.470 e. The molecule has 18 heavy (non-hydrogen) atoms. The molecule has 0 saturated carbocycles. The van der Waals surface area contributed by atoms with Crippen LogP contribution in [0.25, 0.3) is 10.5 Å². The summed E-state index contributed by atoms with van der Waals surface area (Å²) in [5.74, 6) is 0. The summed E-state index contributed by atoms with van der Waals surface area (Å²) < 4.78 is 0. The summed E-state index contributed by atoms with van der Waals surface area (Å²) in [7, 11) is 0. The second-order valence-electron chi connectivity index (χ2n) is 3.53. The topological polar surface area (TPSA) is 76.6 Å². The lowest BCUT2D eigenvalue weighted by Crippen LogP contribution is -3.00. The van der Waals surface area contributed by atoms with Crippen molar-refractivity contribution >= 4 is 11.4 Å². The zero-order valence-electron chi connectivity index (χ0n) is 9.42. The fourth-order valence-corrected chi connectivity index (χ4v) is 1.55. The van der Waals surface area contributed by atoms with Crippen LogP contribution in [0, 0.1) is 5.39 Å². The zero-order valence-corrected chi connectivity index (χ0v) is 10.2. The molecule has 0 spiro atoms. The first-order valence-corrected chi connectivity index (χ1v) is 5.14. The van der Waals surface area contributed by atoms with Crippen molar-refractivity contribution in [1.29, 1.82) is 5.39 Å². The zero-order chi connectivity index (χ0) is 12.1. The van der Waals surface area contributed by atoms with Crippen molar-refractivity contribution in [2.45, 2.75) is 6.42 Å². The first kappa shape index (κ1) is 13.7. The van der Waals surface area contributed by atoms with Gasteiger partial charge in [0.05, 0.1) is 12.5 Å². The third kappa shape index (κ3) is 3.05. The van der Waals surface area contributed by atoms with E-state index < -0.39 is 0 Å². The predicted molar refractivity (Wildman–Crippen MR) is 64.6 cm³/mol. The lowest BCUT2D eigenvalue weighted by molar-refractivity contribution is -0.00628.